The second-order valence-electron chi connectivity index (χ2n) is 10.7. The van der Waals surface area contributed by atoms with Gasteiger partial charge in [-0.2, -0.15) is 17.9 Å². The summed E-state index contributed by atoms with van der Waals surface area (Å²) in [6.07, 6.45) is 1.64. The molecular formula is C30H31ClN4O6S. The number of carbonyl (C=O) groups is 1. The molecule has 0 atom stereocenters. The lowest BCUT2D eigenvalue weighted by molar-refractivity contribution is -0.387. The number of sulfonamides is 1. The van der Waals surface area contributed by atoms with E-state index in [-0.39, 0.29) is 18.9 Å². The number of halogens is 1. The maximum atomic E-state index is 13.8. The van der Waals surface area contributed by atoms with E-state index in [1.165, 1.54) is 31.5 Å². The highest BCUT2D eigenvalue weighted by Crippen LogP contribution is 2.32. The minimum absolute atomic E-state index is 0.146. The van der Waals surface area contributed by atoms with Crippen LogP contribution >= 0.6 is 11.6 Å². The number of nitro benzene ring substituents is 1. The lowest BCUT2D eigenvalue weighted by atomic mass is 9.99. The van der Waals surface area contributed by atoms with Crippen LogP contribution in [-0.2, 0) is 16.4 Å². The average molecular weight is 611 g/mol. The Morgan fingerprint density at radius 2 is 1.79 bits per heavy atom. The molecule has 10 nitrogen and oxygen atoms in total. The van der Waals surface area contributed by atoms with Crippen molar-refractivity contribution in [3.8, 4) is 5.75 Å². The molecule has 220 valence electrons. The van der Waals surface area contributed by atoms with Crippen LogP contribution in [0.25, 0.3) is 10.9 Å². The first kappa shape index (κ1) is 30.7. The smallest absolute Gasteiger partial charge is 0.289 e. The number of benzene rings is 3. The van der Waals surface area contributed by atoms with Gasteiger partial charge in [0.25, 0.3) is 21.6 Å². The standard InChI is InChI=1S/C30H31ClN4O6S/c1-20-24(25-18-23(41-5)14-15-26(25)34(20)29(36)21-10-12-22(31)13-11-21)16-17-33(32-19-30(2,3)4)42(39,40)28-9-7-6-8-27(28)35(37)38/h6-15,18-19H,16-17H2,1-5H3/b32-19+. The Labute approximate surface area is 249 Å². The highest BCUT2D eigenvalue weighted by Gasteiger charge is 2.31. The van der Waals surface area contributed by atoms with E-state index in [9.17, 15) is 23.3 Å². The van der Waals surface area contributed by atoms with Crippen molar-refractivity contribution in [2.45, 2.75) is 39.0 Å². The van der Waals surface area contributed by atoms with E-state index in [1.807, 2.05) is 20.8 Å². The van der Waals surface area contributed by atoms with Gasteiger partial charge in [-0.1, -0.05) is 44.5 Å². The topological polar surface area (TPSA) is 124 Å². The third-order valence-electron chi connectivity index (χ3n) is 6.58. The SMILES string of the molecule is COc1ccc2c(c1)c(CCN(/N=C/C(C)(C)C)S(=O)(=O)c1ccccc1[N+](=O)[O-])c(C)n2C(=O)c1ccc(Cl)cc1. The minimum atomic E-state index is -4.42. The van der Waals surface area contributed by atoms with Crippen molar-refractivity contribution in [2.24, 2.45) is 10.5 Å². The highest BCUT2D eigenvalue weighted by atomic mass is 35.5. The summed E-state index contributed by atoms with van der Waals surface area (Å²) in [5, 5.41) is 17.2. The summed E-state index contributed by atoms with van der Waals surface area (Å²) in [6, 6.07) is 17.0. The van der Waals surface area contributed by atoms with Crippen molar-refractivity contribution < 1.29 is 22.9 Å². The number of nitrogens with zero attached hydrogens (tertiary/aromatic N) is 4. The van der Waals surface area contributed by atoms with Gasteiger partial charge in [-0.25, -0.2) is 0 Å². The summed E-state index contributed by atoms with van der Waals surface area (Å²) in [7, 11) is -2.89. The van der Waals surface area contributed by atoms with Crippen LogP contribution in [0.4, 0.5) is 5.69 Å². The number of hydrazone groups is 1. The first-order valence-corrected chi connectivity index (χ1v) is 14.9. The molecule has 0 saturated heterocycles. The van der Waals surface area contributed by atoms with Crippen LogP contribution in [0.1, 0.15) is 42.4 Å². The fourth-order valence-electron chi connectivity index (χ4n) is 4.51. The highest BCUT2D eigenvalue weighted by molar-refractivity contribution is 7.89. The largest absolute Gasteiger partial charge is 0.497 e. The predicted octanol–water partition coefficient (Wildman–Crippen LogP) is 6.47. The van der Waals surface area contributed by atoms with Crippen LogP contribution in [0.15, 0.2) is 76.7 Å². The van der Waals surface area contributed by atoms with Crippen molar-refractivity contribution in [1.82, 2.24) is 8.98 Å². The zero-order valence-corrected chi connectivity index (χ0v) is 25.4. The number of carbonyl (C=O) groups excluding carboxylic acids is 1. The Morgan fingerprint density at radius 3 is 2.40 bits per heavy atom. The predicted molar refractivity (Wildman–Crippen MR) is 163 cm³/mol. The maximum Gasteiger partial charge on any atom is 0.289 e. The summed E-state index contributed by atoms with van der Waals surface area (Å²) in [6.45, 7) is 7.22. The molecule has 0 spiro atoms. The van der Waals surface area contributed by atoms with Gasteiger partial charge in [-0.05, 0) is 72.9 Å². The Bertz CT molecular complexity index is 1790. The van der Waals surface area contributed by atoms with Gasteiger partial charge in [-0.15, -0.1) is 0 Å². The van der Waals surface area contributed by atoms with E-state index in [1.54, 1.807) is 54.0 Å². The van der Waals surface area contributed by atoms with Crippen LogP contribution < -0.4 is 4.74 Å². The molecule has 0 saturated carbocycles. The third-order valence-corrected chi connectivity index (χ3v) is 8.57. The molecule has 4 rings (SSSR count). The minimum Gasteiger partial charge on any atom is -0.497 e. The molecule has 1 heterocycles. The van der Waals surface area contributed by atoms with E-state index in [0.29, 0.717) is 38.5 Å². The Hall–Kier alpha value is -4.22. The normalized spacial score (nSPS) is 12.1. The Kier molecular flexibility index (Phi) is 8.74. The van der Waals surface area contributed by atoms with Gasteiger partial charge in [0.2, 0.25) is 0 Å². The molecule has 0 N–H and O–H groups in total. The summed E-state index contributed by atoms with van der Waals surface area (Å²) < 4.78 is 35.5. The summed E-state index contributed by atoms with van der Waals surface area (Å²) in [5.41, 5.74) is 1.35. The Balaban J connectivity index is 1.82. The fourth-order valence-corrected chi connectivity index (χ4v) is 6.03. The van der Waals surface area contributed by atoms with Crippen molar-refractivity contribution in [1.29, 1.82) is 0 Å². The number of hydrogen-bond donors (Lipinski definition) is 0. The van der Waals surface area contributed by atoms with Gasteiger partial charge in [0.05, 0.1) is 24.1 Å². The molecule has 0 radical (unpaired) electrons. The molecule has 0 aliphatic carbocycles. The lowest BCUT2D eigenvalue weighted by Gasteiger charge is -2.21. The zero-order valence-electron chi connectivity index (χ0n) is 23.9. The van der Waals surface area contributed by atoms with E-state index in [4.69, 9.17) is 16.3 Å². The average Bonchev–Trinajstić information content (AvgIpc) is 3.22. The number of nitro groups is 1. The molecule has 0 amide bonds. The maximum absolute atomic E-state index is 13.8. The second-order valence-corrected chi connectivity index (χ2v) is 13.0. The molecule has 12 heteroatoms. The van der Waals surface area contributed by atoms with E-state index >= 15 is 0 Å². The van der Waals surface area contributed by atoms with Gasteiger partial charge in [0.15, 0.2) is 4.90 Å². The number of aromatic nitrogens is 1. The second kappa shape index (κ2) is 11.9. The van der Waals surface area contributed by atoms with Crippen molar-refractivity contribution in [2.75, 3.05) is 13.7 Å². The van der Waals surface area contributed by atoms with Crippen LogP contribution in [0, 0.1) is 22.5 Å². The van der Waals surface area contributed by atoms with Gasteiger partial charge in [0.1, 0.15) is 5.75 Å². The number of ether oxygens (including phenoxy) is 1. The number of hydrogen-bond acceptors (Lipinski definition) is 7. The summed E-state index contributed by atoms with van der Waals surface area (Å²) in [4.78, 5) is 24.1. The summed E-state index contributed by atoms with van der Waals surface area (Å²) >= 11 is 6.02. The first-order valence-electron chi connectivity index (χ1n) is 13.0. The van der Waals surface area contributed by atoms with Gasteiger partial charge in [-0.3, -0.25) is 19.5 Å². The van der Waals surface area contributed by atoms with Gasteiger partial charge >= 0.3 is 0 Å². The van der Waals surface area contributed by atoms with E-state index in [0.717, 1.165) is 10.5 Å². The zero-order chi connectivity index (χ0) is 30.8. The molecule has 0 unspecified atom stereocenters. The number of fused-ring (bicyclic) bond motifs is 1. The van der Waals surface area contributed by atoms with Crippen molar-refractivity contribution >= 4 is 50.3 Å². The molecule has 0 fully saturated rings. The molecule has 4 aromatic rings. The quantitative estimate of drug-likeness (QED) is 0.121. The van der Waals surface area contributed by atoms with Crippen LogP contribution in [0.3, 0.4) is 0 Å². The molecule has 3 aromatic carbocycles. The van der Waals surface area contributed by atoms with E-state index < -0.39 is 30.9 Å². The fraction of sp³-hybridized carbons (Fsp3) is 0.267. The van der Waals surface area contributed by atoms with Crippen LogP contribution in [0.2, 0.25) is 5.02 Å². The van der Waals surface area contributed by atoms with Gasteiger partial charge in [0, 0.05) is 33.9 Å². The monoisotopic (exact) mass is 610 g/mol. The van der Waals surface area contributed by atoms with Crippen molar-refractivity contribution in [3.63, 3.8) is 0 Å². The van der Waals surface area contributed by atoms with E-state index in [2.05, 4.69) is 5.10 Å². The Morgan fingerprint density at radius 1 is 1.12 bits per heavy atom. The molecule has 0 bridgehead atoms. The number of para-hydroxylation sites is 1. The lowest BCUT2D eigenvalue weighted by Crippen LogP contribution is -2.30. The number of rotatable bonds is 9. The molecule has 42 heavy (non-hydrogen) atoms. The molecule has 0 aliphatic heterocycles. The molecule has 1 aromatic heterocycles. The van der Waals surface area contributed by atoms with Crippen LogP contribution in [-0.4, -0.2) is 48.1 Å². The summed E-state index contributed by atoms with van der Waals surface area (Å²) in [5.74, 6) is 0.288. The van der Waals surface area contributed by atoms with Crippen molar-refractivity contribution in [3.05, 3.63) is 98.7 Å². The molecular weight excluding hydrogens is 580 g/mol. The van der Waals surface area contributed by atoms with Gasteiger partial charge < -0.3 is 4.74 Å². The third kappa shape index (κ3) is 6.32. The molecule has 0 aliphatic rings. The number of methoxy groups -OCH3 is 1. The first-order chi connectivity index (χ1) is 19.7. The van der Waals surface area contributed by atoms with Crippen LogP contribution in [0.5, 0.6) is 5.75 Å².